The number of aromatic nitrogens is 1. The second-order valence-corrected chi connectivity index (χ2v) is 7.57. The molecule has 24 heavy (non-hydrogen) atoms. The number of nitrogens with zero attached hydrogens (tertiary/aromatic N) is 1. The number of hydrogen-bond acceptors (Lipinski definition) is 2. The summed E-state index contributed by atoms with van der Waals surface area (Å²) in [5.74, 6) is 0.169. The lowest BCUT2D eigenvalue weighted by atomic mass is 9.94. The van der Waals surface area contributed by atoms with Gasteiger partial charge in [0, 0.05) is 24.0 Å². The van der Waals surface area contributed by atoms with Gasteiger partial charge in [0.2, 0.25) is 5.91 Å². The van der Waals surface area contributed by atoms with Crippen LogP contribution in [-0.4, -0.2) is 22.4 Å². The molecule has 2 saturated carbocycles. The van der Waals surface area contributed by atoms with Gasteiger partial charge in [0.1, 0.15) is 0 Å². The number of carbonyl (C=O) groups excluding carboxylic acids is 2. The van der Waals surface area contributed by atoms with Crippen LogP contribution >= 0.6 is 0 Å². The van der Waals surface area contributed by atoms with Gasteiger partial charge in [0.25, 0.3) is 5.91 Å². The van der Waals surface area contributed by atoms with E-state index in [0.717, 1.165) is 61.5 Å². The maximum atomic E-state index is 12.8. The number of hydrogen-bond donors (Lipinski definition) is 2. The highest BCUT2D eigenvalue weighted by Crippen LogP contribution is 2.32. The van der Waals surface area contributed by atoms with Crippen LogP contribution in [0.25, 0.3) is 0 Å². The van der Waals surface area contributed by atoms with Crippen LogP contribution in [0.1, 0.15) is 66.7 Å². The Kier molecular flexibility index (Phi) is 4.97. The third-order valence-electron chi connectivity index (χ3n) is 5.65. The molecular formula is C19H29N3O2. The van der Waals surface area contributed by atoms with Crippen LogP contribution in [0.5, 0.6) is 0 Å². The molecule has 0 bridgehead atoms. The molecule has 1 aromatic rings. The molecule has 0 spiro atoms. The van der Waals surface area contributed by atoms with Crippen LogP contribution in [0.3, 0.4) is 0 Å². The monoisotopic (exact) mass is 331 g/mol. The Morgan fingerprint density at radius 2 is 1.88 bits per heavy atom. The molecule has 2 aliphatic carbocycles. The molecule has 2 aliphatic rings. The van der Waals surface area contributed by atoms with Crippen molar-refractivity contribution < 1.29 is 9.59 Å². The van der Waals surface area contributed by atoms with Crippen molar-refractivity contribution in [2.24, 2.45) is 17.6 Å². The molecule has 2 unspecified atom stereocenters. The Bertz CT molecular complexity index is 631. The maximum Gasteiger partial charge on any atom is 0.253 e. The summed E-state index contributed by atoms with van der Waals surface area (Å²) >= 11 is 0. The fourth-order valence-corrected chi connectivity index (χ4v) is 3.94. The Labute approximate surface area is 144 Å². The first kappa shape index (κ1) is 17.1. The van der Waals surface area contributed by atoms with Crippen molar-refractivity contribution in [3.8, 4) is 0 Å². The zero-order valence-electron chi connectivity index (χ0n) is 14.8. The van der Waals surface area contributed by atoms with Crippen LogP contribution < -0.4 is 11.1 Å². The first-order valence-corrected chi connectivity index (χ1v) is 9.24. The van der Waals surface area contributed by atoms with E-state index in [-0.39, 0.29) is 23.8 Å². The zero-order chi connectivity index (χ0) is 17.3. The molecule has 0 saturated heterocycles. The minimum atomic E-state index is -0.290. The Hall–Kier alpha value is -1.78. The molecule has 1 aromatic heterocycles. The van der Waals surface area contributed by atoms with Crippen molar-refractivity contribution in [2.45, 2.75) is 71.4 Å². The maximum absolute atomic E-state index is 12.8. The van der Waals surface area contributed by atoms with Gasteiger partial charge < -0.3 is 15.6 Å². The van der Waals surface area contributed by atoms with E-state index in [1.807, 2.05) is 13.0 Å². The van der Waals surface area contributed by atoms with E-state index in [1.165, 1.54) is 12.8 Å². The van der Waals surface area contributed by atoms with Crippen LogP contribution in [0.15, 0.2) is 6.07 Å². The smallest absolute Gasteiger partial charge is 0.253 e. The molecule has 3 rings (SSSR count). The Balaban J connectivity index is 1.74. The van der Waals surface area contributed by atoms with Gasteiger partial charge in [-0.3, -0.25) is 9.59 Å². The number of carbonyl (C=O) groups is 2. The van der Waals surface area contributed by atoms with E-state index in [0.29, 0.717) is 0 Å². The average Bonchev–Trinajstić information content (AvgIpc) is 3.32. The molecule has 2 amide bonds. The van der Waals surface area contributed by atoms with Crippen LogP contribution in [-0.2, 0) is 11.3 Å². The minimum absolute atomic E-state index is 0.0664. The SMILES string of the molecule is Cc1cc(C(=O)NC2CCCCCC2C(N)=O)c(C)n1CC1CC1. The van der Waals surface area contributed by atoms with E-state index in [9.17, 15) is 9.59 Å². The summed E-state index contributed by atoms with van der Waals surface area (Å²) in [6.45, 7) is 5.09. The summed E-state index contributed by atoms with van der Waals surface area (Å²) in [5.41, 5.74) is 8.47. The standard InChI is InChI=1S/C19H29N3O2/c1-12-10-16(13(2)22(12)11-14-8-9-14)19(24)21-17-7-5-3-4-6-15(17)18(20)23/h10,14-15,17H,3-9,11H2,1-2H3,(H2,20,23)(H,21,24). The summed E-state index contributed by atoms with van der Waals surface area (Å²) < 4.78 is 2.26. The van der Waals surface area contributed by atoms with E-state index < -0.39 is 0 Å². The van der Waals surface area contributed by atoms with Crippen LogP contribution in [0.4, 0.5) is 0 Å². The molecule has 5 nitrogen and oxygen atoms in total. The first-order valence-electron chi connectivity index (χ1n) is 9.24. The van der Waals surface area contributed by atoms with Gasteiger partial charge in [-0.2, -0.15) is 0 Å². The van der Waals surface area contributed by atoms with E-state index in [2.05, 4.69) is 16.8 Å². The molecular weight excluding hydrogens is 302 g/mol. The fourth-order valence-electron chi connectivity index (χ4n) is 3.94. The van der Waals surface area contributed by atoms with Crippen molar-refractivity contribution in [3.05, 3.63) is 23.0 Å². The van der Waals surface area contributed by atoms with Crippen molar-refractivity contribution in [2.75, 3.05) is 0 Å². The van der Waals surface area contributed by atoms with Crippen LogP contribution in [0.2, 0.25) is 0 Å². The largest absolute Gasteiger partial charge is 0.369 e. The van der Waals surface area contributed by atoms with Gasteiger partial charge in [-0.25, -0.2) is 0 Å². The van der Waals surface area contributed by atoms with Gasteiger partial charge in [-0.1, -0.05) is 19.3 Å². The van der Waals surface area contributed by atoms with Gasteiger partial charge >= 0.3 is 0 Å². The fraction of sp³-hybridized carbons (Fsp3) is 0.684. The predicted octanol–water partition coefficient (Wildman–Crippen LogP) is 2.68. The third-order valence-corrected chi connectivity index (χ3v) is 5.65. The first-order chi connectivity index (χ1) is 11.5. The Morgan fingerprint density at radius 1 is 1.17 bits per heavy atom. The second kappa shape index (κ2) is 6.99. The van der Waals surface area contributed by atoms with Crippen LogP contribution in [0, 0.1) is 25.7 Å². The van der Waals surface area contributed by atoms with Gasteiger partial charge in [-0.15, -0.1) is 0 Å². The average molecular weight is 331 g/mol. The van der Waals surface area contributed by atoms with E-state index in [4.69, 9.17) is 5.73 Å². The molecule has 0 aromatic carbocycles. The zero-order valence-corrected chi connectivity index (χ0v) is 14.8. The summed E-state index contributed by atoms with van der Waals surface area (Å²) in [5, 5.41) is 3.10. The second-order valence-electron chi connectivity index (χ2n) is 7.57. The van der Waals surface area contributed by atoms with Crippen molar-refractivity contribution in [1.82, 2.24) is 9.88 Å². The third kappa shape index (κ3) is 3.65. The predicted molar refractivity (Wildman–Crippen MR) is 93.7 cm³/mol. The number of nitrogens with one attached hydrogen (secondary N) is 1. The lowest BCUT2D eigenvalue weighted by Gasteiger charge is -2.23. The Morgan fingerprint density at radius 3 is 2.54 bits per heavy atom. The quantitative estimate of drug-likeness (QED) is 0.814. The van der Waals surface area contributed by atoms with Crippen molar-refractivity contribution >= 4 is 11.8 Å². The van der Waals surface area contributed by atoms with E-state index in [1.54, 1.807) is 0 Å². The van der Waals surface area contributed by atoms with Gasteiger partial charge in [0.05, 0.1) is 11.5 Å². The minimum Gasteiger partial charge on any atom is -0.369 e. The lowest BCUT2D eigenvalue weighted by molar-refractivity contribution is -0.122. The number of nitrogens with two attached hydrogens (primary N) is 1. The molecule has 2 atom stereocenters. The number of amides is 2. The summed E-state index contributed by atoms with van der Waals surface area (Å²) in [6, 6.07) is 1.84. The van der Waals surface area contributed by atoms with Gasteiger partial charge in [-0.05, 0) is 51.5 Å². The summed E-state index contributed by atoms with van der Waals surface area (Å²) in [4.78, 5) is 24.6. The highest BCUT2D eigenvalue weighted by Gasteiger charge is 2.30. The summed E-state index contributed by atoms with van der Waals surface area (Å²) in [7, 11) is 0. The van der Waals surface area contributed by atoms with Gasteiger partial charge in [0.15, 0.2) is 0 Å². The topological polar surface area (TPSA) is 77.1 Å². The summed E-state index contributed by atoms with van der Waals surface area (Å²) in [6.07, 6.45) is 7.35. The molecule has 132 valence electrons. The molecule has 2 fully saturated rings. The van der Waals surface area contributed by atoms with E-state index >= 15 is 0 Å². The molecule has 5 heteroatoms. The number of aryl methyl sites for hydroxylation is 1. The molecule has 3 N–H and O–H groups in total. The lowest BCUT2D eigenvalue weighted by Crippen LogP contribution is -2.45. The highest BCUT2D eigenvalue weighted by molar-refractivity contribution is 5.96. The molecule has 0 aliphatic heterocycles. The van der Waals surface area contributed by atoms with Crippen molar-refractivity contribution in [1.29, 1.82) is 0 Å². The normalized spacial score (nSPS) is 24.4. The van der Waals surface area contributed by atoms with Crippen molar-refractivity contribution in [3.63, 3.8) is 0 Å². The number of primary amides is 1. The highest BCUT2D eigenvalue weighted by atomic mass is 16.2. The molecule has 0 radical (unpaired) electrons. The molecule has 1 heterocycles. The number of rotatable bonds is 5.